The monoisotopic (exact) mass is 279 g/mol. The summed E-state index contributed by atoms with van der Waals surface area (Å²) in [5.74, 6) is 1.54. The summed E-state index contributed by atoms with van der Waals surface area (Å²) in [5.41, 5.74) is 0.926. The first-order chi connectivity index (χ1) is 9.62. The van der Waals surface area contributed by atoms with Crippen molar-refractivity contribution in [2.45, 2.75) is 26.3 Å². The second kappa shape index (κ2) is 6.40. The zero-order valence-electron chi connectivity index (χ0n) is 12.1. The van der Waals surface area contributed by atoms with E-state index in [0.717, 1.165) is 37.6 Å². The standard InChI is InChI=1S/C13H21N5O2/c1-4-14-12-15-9(2)7-11(17-12)18-6-5-10(8-18)16-13(19)20-3/h7,10H,4-6,8H2,1-3H3,(H,16,19)(H,14,15,17). The fourth-order valence-corrected chi connectivity index (χ4v) is 2.26. The molecule has 2 N–H and O–H groups in total. The Morgan fingerprint density at radius 3 is 3.05 bits per heavy atom. The maximum absolute atomic E-state index is 11.2. The van der Waals surface area contributed by atoms with E-state index in [1.54, 1.807) is 0 Å². The Morgan fingerprint density at radius 1 is 1.55 bits per heavy atom. The molecule has 7 nitrogen and oxygen atoms in total. The largest absolute Gasteiger partial charge is 0.453 e. The van der Waals surface area contributed by atoms with Crippen LogP contribution >= 0.6 is 0 Å². The number of carbonyl (C=O) groups excluding carboxylic acids is 1. The smallest absolute Gasteiger partial charge is 0.407 e. The molecule has 1 atom stereocenters. The van der Waals surface area contributed by atoms with Crippen molar-refractivity contribution in [3.05, 3.63) is 11.8 Å². The molecule has 1 aliphatic rings. The van der Waals surface area contributed by atoms with Gasteiger partial charge in [-0.15, -0.1) is 0 Å². The molecule has 0 aromatic carbocycles. The molecule has 1 saturated heterocycles. The maximum Gasteiger partial charge on any atom is 0.407 e. The minimum absolute atomic E-state index is 0.0975. The number of anilines is 2. The van der Waals surface area contributed by atoms with Crippen molar-refractivity contribution < 1.29 is 9.53 Å². The number of ether oxygens (including phenoxy) is 1. The third kappa shape index (κ3) is 3.49. The van der Waals surface area contributed by atoms with E-state index in [9.17, 15) is 4.79 Å². The summed E-state index contributed by atoms with van der Waals surface area (Å²) in [6.07, 6.45) is 0.498. The summed E-state index contributed by atoms with van der Waals surface area (Å²) >= 11 is 0. The highest BCUT2D eigenvalue weighted by Gasteiger charge is 2.25. The second-order valence-electron chi connectivity index (χ2n) is 4.79. The van der Waals surface area contributed by atoms with Crippen molar-refractivity contribution in [3.63, 3.8) is 0 Å². The molecular weight excluding hydrogens is 258 g/mol. The molecule has 0 bridgehead atoms. The molecular formula is C13H21N5O2. The third-order valence-electron chi connectivity index (χ3n) is 3.20. The van der Waals surface area contributed by atoms with Crippen LogP contribution in [-0.2, 0) is 4.74 Å². The average molecular weight is 279 g/mol. The van der Waals surface area contributed by atoms with Crippen molar-refractivity contribution in [1.82, 2.24) is 15.3 Å². The van der Waals surface area contributed by atoms with Gasteiger partial charge < -0.3 is 20.3 Å². The number of methoxy groups -OCH3 is 1. The van der Waals surface area contributed by atoms with Gasteiger partial charge in [-0.05, 0) is 20.3 Å². The van der Waals surface area contributed by atoms with Crippen molar-refractivity contribution >= 4 is 17.9 Å². The number of hydrogen-bond donors (Lipinski definition) is 2. The van der Waals surface area contributed by atoms with Crippen molar-refractivity contribution in [3.8, 4) is 0 Å². The highest BCUT2D eigenvalue weighted by atomic mass is 16.5. The SMILES string of the molecule is CCNc1nc(C)cc(N2CCC(NC(=O)OC)C2)n1. The van der Waals surface area contributed by atoms with Crippen LogP contribution in [0.5, 0.6) is 0 Å². The van der Waals surface area contributed by atoms with Crippen molar-refractivity contribution in [2.24, 2.45) is 0 Å². The summed E-state index contributed by atoms with van der Waals surface area (Å²) in [7, 11) is 1.37. The normalized spacial score (nSPS) is 17.9. The van der Waals surface area contributed by atoms with Crippen LogP contribution in [0.3, 0.4) is 0 Å². The Bertz CT molecular complexity index is 480. The van der Waals surface area contributed by atoms with E-state index in [1.807, 2.05) is 19.9 Å². The number of aromatic nitrogens is 2. The number of aryl methyl sites for hydroxylation is 1. The first kappa shape index (κ1) is 14.4. The molecule has 1 fully saturated rings. The Morgan fingerprint density at radius 2 is 2.35 bits per heavy atom. The number of alkyl carbamates (subject to hydrolysis) is 1. The first-order valence-corrected chi connectivity index (χ1v) is 6.81. The minimum atomic E-state index is -0.385. The van der Waals surface area contributed by atoms with Gasteiger partial charge in [-0.25, -0.2) is 9.78 Å². The lowest BCUT2D eigenvalue weighted by molar-refractivity contribution is 0.167. The molecule has 2 rings (SSSR count). The molecule has 20 heavy (non-hydrogen) atoms. The Hall–Kier alpha value is -2.05. The van der Waals surface area contributed by atoms with Crippen LogP contribution in [0.1, 0.15) is 19.0 Å². The lowest BCUT2D eigenvalue weighted by Crippen LogP contribution is -2.37. The van der Waals surface area contributed by atoms with Gasteiger partial charge in [0.05, 0.1) is 13.2 Å². The molecule has 7 heteroatoms. The lowest BCUT2D eigenvalue weighted by Gasteiger charge is -2.19. The molecule has 1 unspecified atom stereocenters. The Kier molecular flexibility index (Phi) is 4.60. The zero-order valence-corrected chi connectivity index (χ0v) is 12.1. The summed E-state index contributed by atoms with van der Waals surface area (Å²) in [6.45, 7) is 6.34. The average Bonchev–Trinajstić information content (AvgIpc) is 2.87. The molecule has 0 saturated carbocycles. The number of nitrogens with zero attached hydrogens (tertiary/aromatic N) is 3. The van der Waals surface area contributed by atoms with Crippen LogP contribution in [0.2, 0.25) is 0 Å². The Balaban J connectivity index is 2.04. The van der Waals surface area contributed by atoms with Crippen LogP contribution in [0.15, 0.2) is 6.07 Å². The molecule has 1 aliphatic heterocycles. The van der Waals surface area contributed by atoms with Crippen LogP contribution in [0.4, 0.5) is 16.6 Å². The van der Waals surface area contributed by atoms with Crippen LogP contribution in [-0.4, -0.2) is 48.8 Å². The number of nitrogens with one attached hydrogen (secondary N) is 2. The molecule has 1 amide bonds. The van der Waals surface area contributed by atoms with Crippen LogP contribution in [0, 0.1) is 6.92 Å². The van der Waals surface area contributed by atoms with E-state index < -0.39 is 0 Å². The molecule has 2 heterocycles. The van der Waals surface area contributed by atoms with Crippen molar-refractivity contribution in [1.29, 1.82) is 0 Å². The van der Waals surface area contributed by atoms with E-state index in [4.69, 9.17) is 0 Å². The van der Waals surface area contributed by atoms with E-state index in [-0.39, 0.29) is 12.1 Å². The summed E-state index contributed by atoms with van der Waals surface area (Å²) < 4.78 is 4.62. The van der Waals surface area contributed by atoms with Gasteiger partial charge in [-0.1, -0.05) is 0 Å². The van der Waals surface area contributed by atoms with Gasteiger partial charge >= 0.3 is 6.09 Å². The molecule has 0 radical (unpaired) electrons. The maximum atomic E-state index is 11.2. The molecule has 0 spiro atoms. The molecule has 110 valence electrons. The fraction of sp³-hybridized carbons (Fsp3) is 0.615. The Labute approximate surface area is 118 Å². The number of rotatable bonds is 4. The third-order valence-corrected chi connectivity index (χ3v) is 3.20. The number of carbonyl (C=O) groups is 1. The van der Waals surface area contributed by atoms with Gasteiger partial charge in [-0.3, -0.25) is 0 Å². The van der Waals surface area contributed by atoms with Gasteiger partial charge in [0, 0.05) is 31.4 Å². The van der Waals surface area contributed by atoms with Crippen LogP contribution < -0.4 is 15.5 Å². The van der Waals surface area contributed by atoms with E-state index in [0.29, 0.717) is 5.95 Å². The number of amides is 1. The predicted octanol–water partition coefficient (Wildman–Crippen LogP) is 1.15. The van der Waals surface area contributed by atoms with E-state index in [1.165, 1.54) is 7.11 Å². The van der Waals surface area contributed by atoms with Gasteiger partial charge in [0.15, 0.2) is 0 Å². The predicted molar refractivity (Wildman–Crippen MR) is 77.1 cm³/mol. The second-order valence-corrected chi connectivity index (χ2v) is 4.79. The highest BCUT2D eigenvalue weighted by molar-refractivity contribution is 5.67. The minimum Gasteiger partial charge on any atom is -0.453 e. The lowest BCUT2D eigenvalue weighted by atomic mass is 10.3. The summed E-state index contributed by atoms with van der Waals surface area (Å²) in [6, 6.07) is 2.06. The highest BCUT2D eigenvalue weighted by Crippen LogP contribution is 2.20. The topological polar surface area (TPSA) is 79.4 Å². The van der Waals surface area contributed by atoms with Crippen molar-refractivity contribution in [2.75, 3.05) is 37.0 Å². The zero-order chi connectivity index (χ0) is 14.5. The summed E-state index contributed by atoms with van der Waals surface area (Å²) in [4.78, 5) is 22.2. The fourth-order valence-electron chi connectivity index (χ4n) is 2.26. The summed E-state index contributed by atoms with van der Waals surface area (Å²) in [5, 5.41) is 5.95. The number of hydrogen-bond acceptors (Lipinski definition) is 6. The first-order valence-electron chi connectivity index (χ1n) is 6.81. The quantitative estimate of drug-likeness (QED) is 0.860. The van der Waals surface area contributed by atoms with Gasteiger partial charge in [0.25, 0.3) is 0 Å². The van der Waals surface area contributed by atoms with E-state index in [2.05, 4.69) is 30.2 Å². The molecule has 1 aromatic heterocycles. The van der Waals surface area contributed by atoms with Gasteiger partial charge in [0.2, 0.25) is 5.95 Å². The van der Waals surface area contributed by atoms with Crippen LogP contribution in [0.25, 0.3) is 0 Å². The molecule has 1 aromatic rings. The van der Waals surface area contributed by atoms with Gasteiger partial charge in [-0.2, -0.15) is 4.98 Å². The molecule has 0 aliphatic carbocycles. The van der Waals surface area contributed by atoms with E-state index >= 15 is 0 Å². The van der Waals surface area contributed by atoms with Gasteiger partial charge in [0.1, 0.15) is 5.82 Å².